The Hall–Kier alpha value is -3.35. The monoisotopic (exact) mass is 422 g/mol. The fraction of sp³-hybridized carbons (Fsp3) is 0.0714. The average Bonchev–Trinajstić information content (AvgIpc) is 2.84. The third kappa shape index (κ3) is 3.34. The second kappa shape index (κ2) is 7.72. The van der Waals surface area contributed by atoms with Gasteiger partial charge in [0.1, 0.15) is 5.75 Å². The third-order valence-electron chi connectivity index (χ3n) is 5.82. The SMILES string of the molecule is CC1(c2ccccc2)C=C(P(=O)(c2ccccc2)c2ccccc2)c2ccccc2O1. The predicted molar refractivity (Wildman–Crippen MR) is 129 cm³/mol. The molecule has 0 amide bonds. The highest BCUT2D eigenvalue weighted by atomic mass is 31.2. The van der Waals surface area contributed by atoms with E-state index in [9.17, 15) is 0 Å². The van der Waals surface area contributed by atoms with E-state index in [4.69, 9.17) is 4.74 Å². The van der Waals surface area contributed by atoms with Gasteiger partial charge < -0.3 is 9.30 Å². The molecule has 31 heavy (non-hydrogen) atoms. The van der Waals surface area contributed by atoms with Crippen molar-refractivity contribution in [3.05, 3.63) is 132 Å². The van der Waals surface area contributed by atoms with Gasteiger partial charge in [-0.2, -0.15) is 0 Å². The van der Waals surface area contributed by atoms with Crippen molar-refractivity contribution in [1.82, 2.24) is 0 Å². The molecule has 4 aromatic carbocycles. The normalized spacial score (nSPS) is 17.9. The van der Waals surface area contributed by atoms with Crippen LogP contribution in [0.2, 0.25) is 0 Å². The van der Waals surface area contributed by atoms with E-state index >= 15 is 4.57 Å². The summed E-state index contributed by atoms with van der Waals surface area (Å²) in [6, 6.07) is 37.6. The summed E-state index contributed by atoms with van der Waals surface area (Å²) < 4.78 is 21.6. The molecule has 0 fully saturated rings. The van der Waals surface area contributed by atoms with E-state index in [0.29, 0.717) is 0 Å². The summed E-state index contributed by atoms with van der Waals surface area (Å²) in [6.07, 6.45) is 2.06. The van der Waals surface area contributed by atoms with Gasteiger partial charge in [-0.25, -0.2) is 0 Å². The summed E-state index contributed by atoms with van der Waals surface area (Å²) in [5, 5.41) is 2.46. The third-order valence-corrected chi connectivity index (χ3v) is 8.92. The number of fused-ring (bicyclic) bond motifs is 1. The molecule has 152 valence electrons. The van der Waals surface area contributed by atoms with Gasteiger partial charge in [-0.15, -0.1) is 0 Å². The summed E-state index contributed by atoms with van der Waals surface area (Å²) in [7, 11) is -3.15. The molecule has 1 aliphatic heterocycles. The van der Waals surface area contributed by atoms with Crippen LogP contribution in [0.3, 0.4) is 0 Å². The number of hydrogen-bond donors (Lipinski definition) is 0. The molecule has 2 nitrogen and oxygen atoms in total. The molecule has 4 aromatic rings. The molecule has 0 N–H and O–H groups in total. The zero-order valence-electron chi connectivity index (χ0n) is 17.3. The molecule has 1 atom stereocenters. The zero-order chi connectivity index (χ0) is 21.3. The lowest BCUT2D eigenvalue weighted by Gasteiger charge is -2.37. The summed E-state index contributed by atoms with van der Waals surface area (Å²) in [5.41, 5.74) is 1.17. The molecule has 5 rings (SSSR count). The minimum atomic E-state index is -3.15. The van der Waals surface area contributed by atoms with E-state index in [1.165, 1.54) is 0 Å². The van der Waals surface area contributed by atoms with Crippen LogP contribution in [0.1, 0.15) is 18.1 Å². The molecule has 0 spiro atoms. The van der Waals surface area contributed by atoms with Gasteiger partial charge in [0.2, 0.25) is 0 Å². The summed E-state index contributed by atoms with van der Waals surface area (Å²) in [4.78, 5) is 0. The Balaban J connectivity index is 1.83. The second-order valence-corrected chi connectivity index (χ2v) is 10.6. The van der Waals surface area contributed by atoms with Gasteiger partial charge in [-0.3, -0.25) is 0 Å². The summed E-state index contributed by atoms with van der Waals surface area (Å²) >= 11 is 0. The number of rotatable bonds is 4. The minimum absolute atomic E-state index is 0.732. The van der Waals surface area contributed by atoms with Crippen molar-refractivity contribution in [2.45, 2.75) is 12.5 Å². The fourth-order valence-corrected chi connectivity index (χ4v) is 7.23. The molecule has 0 saturated heterocycles. The lowest BCUT2D eigenvalue weighted by molar-refractivity contribution is 0.138. The van der Waals surface area contributed by atoms with Crippen molar-refractivity contribution in [2.75, 3.05) is 0 Å². The van der Waals surface area contributed by atoms with E-state index in [0.717, 1.165) is 32.8 Å². The molecule has 0 saturated carbocycles. The van der Waals surface area contributed by atoms with Crippen molar-refractivity contribution >= 4 is 23.1 Å². The van der Waals surface area contributed by atoms with Gasteiger partial charge >= 0.3 is 0 Å². The largest absolute Gasteiger partial charge is 0.478 e. The van der Waals surface area contributed by atoms with Crippen LogP contribution in [0, 0.1) is 0 Å². The first kappa shape index (κ1) is 19.6. The summed E-state index contributed by atoms with van der Waals surface area (Å²) in [6.45, 7) is 2.04. The first-order valence-electron chi connectivity index (χ1n) is 10.4. The lowest BCUT2D eigenvalue weighted by atomic mass is 9.92. The second-order valence-electron chi connectivity index (χ2n) is 7.88. The van der Waals surface area contributed by atoms with Crippen molar-refractivity contribution in [2.24, 2.45) is 0 Å². The number of benzene rings is 4. The molecular formula is C28H23O2P. The van der Waals surface area contributed by atoms with E-state index in [2.05, 4.69) is 18.2 Å². The molecule has 0 bridgehead atoms. The van der Waals surface area contributed by atoms with Crippen LogP contribution in [-0.2, 0) is 10.2 Å². The average molecular weight is 422 g/mol. The maximum absolute atomic E-state index is 15.1. The standard InChI is InChI=1S/C28H23O2P/c1-28(22-13-5-2-6-14-22)21-27(25-19-11-12-20-26(25)30-28)31(29,23-15-7-3-8-16-23)24-17-9-4-10-18-24/h2-21H,1H3. The van der Waals surface area contributed by atoms with Crippen LogP contribution in [0.25, 0.3) is 5.31 Å². The Bertz CT molecular complexity index is 1240. The van der Waals surface area contributed by atoms with E-state index in [-0.39, 0.29) is 0 Å². The topological polar surface area (TPSA) is 26.3 Å². The number of hydrogen-bond acceptors (Lipinski definition) is 2. The van der Waals surface area contributed by atoms with Gasteiger partial charge in [0.15, 0.2) is 12.7 Å². The van der Waals surface area contributed by atoms with Crippen molar-refractivity contribution in [3.8, 4) is 5.75 Å². The molecular weight excluding hydrogens is 399 g/mol. The van der Waals surface area contributed by atoms with Gasteiger partial charge in [0.25, 0.3) is 0 Å². The Morgan fingerprint density at radius 2 is 1.13 bits per heavy atom. The Morgan fingerprint density at radius 3 is 1.71 bits per heavy atom. The molecule has 1 heterocycles. The highest BCUT2D eigenvalue weighted by Crippen LogP contribution is 2.61. The molecule has 3 heteroatoms. The van der Waals surface area contributed by atoms with E-state index in [1.807, 2.05) is 110 Å². The molecule has 1 unspecified atom stereocenters. The molecule has 0 radical (unpaired) electrons. The van der Waals surface area contributed by atoms with Crippen LogP contribution >= 0.6 is 7.14 Å². The van der Waals surface area contributed by atoms with Crippen LogP contribution in [0.4, 0.5) is 0 Å². The maximum Gasteiger partial charge on any atom is 0.171 e. The van der Waals surface area contributed by atoms with E-state index in [1.54, 1.807) is 0 Å². The fourth-order valence-electron chi connectivity index (χ4n) is 4.24. The zero-order valence-corrected chi connectivity index (χ0v) is 18.2. The van der Waals surface area contributed by atoms with Gasteiger partial charge in [-0.05, 0) is 24.6 Å². The van der Waals surface area contributed by atoms with Gasteiger partial charge in [-0.1, -0.05) is 109 Å². The minimum Gasteiger partial charge on any atom is -0.478 e. The number of ether oxygens (including phenoxy) is 1. The highest BCUT2D eigenvalue weighted by molar-refractivity contribution is 7.87. The first-order valence-corrected chi connectivity index (χ1v) is 12.1. The summed E-state index contributed by atoms with van der Waals surface area (Å²) in [5.74, 6) is 0.749. The lowest BCUT2D eigenvalue weighted by Crippen LogP contribution is -2.31. The first-order chi connectivity index (χ1) is 15.1. The van der Waals surface area contributed by atoms with Crippen molar-refractivity contribution < 1.29 is 9.30 Å². The molecule has 0 aromatic heterocycles. The van der Waals surface area contributed by atoms with Crippen LogP contribution < -0.4 is 15.3 Å². The smallest absolute Gasteiger partial charge is 0.171 e. The van der Waals surface area contributed by atoms with Crippen molar-refractivity contribution in [3.63, 3.8) is 0 Å². The Labute approximate surface area is 183 Å². The van der Waals surface area contributed by atoms with Crippen LogP contribution in [-0.4, -0.2) is 0 Å². The van der Waals surface area contributed by atoms with Gasteiger partial charge in [0.05, 0.1) is 0 Å². The highest BCUT2D eigenvalue weighted by Gasteiger charge is 2.41. The van der Waals surface area contributed by atoms with Gasteiger partial charge in [0, 0.05) is 21.5 Å². The molecule has 1 aliphatic rings. The predicted octanol–water partition coefficient (Wildman–Crippen LogP) is 6.35. The maximum atomic E-state index is 15.1. The van der Waals surface area contributed by atoms with Crippen LogP contribution in [0.5, 0.6) is 5.75 Å². The van der Waals surface area contributed by atoms with E-state index < -0.39 is 12.7 Å². The van der Waals surface area contributed by atoms with Crippen molar-refractivity contribution in [1.29, 1.82) is 0 Å². The Morgan fingerprint density at radius 1 is 0.645 bits per heavy atom. The van der Waals surface area contributed by atoms with Crippen LogP contribution in [0.15, 0.2) is 121 Å². The quantitative estimate of drug-likeness (QED) is 0.358. The molecule has 0 aliphatic carbocycles. The Kier molecular flexibility index (Phi) is 4.88. The number of para-hydroxylation sites is 1.